The van der Waals surface area contributed by atoms with Crippen LogP contribution in [0, 0.1) is 22.7 Å². The number of nitriles is 2. The van der Waals surface area contributed by atoms with E-state index in [4.69, 9.17) is 30.3 Å². The van der Waals surface area contributed by atoms with E-state index in [1.807, 2.05) is 24.3 Å². The summed E-state index contributed by atoms with van der Waals surface area (Å²) in [5.41, 5.74) is 3.91. The summed E-state index contributed by atoms with van der Waals surface area (Å²) in [6.45, 7) is 4.81. The number of carboxylic acids is 2. The molecule has 6 rings (SSSR count). The van der Waals surface area contributed by atoms with Crippen LogP contribution in [0.2, 0.25) is 0 Å². The Balaban J connectivity index is 0. The molecule has 0 fully saturated rings. The van der Waals surface area contributed by atoms with E-state index in [0.717, 1.165) is 57.5 Å². The normalized spacial score (nSPS) is 8.41. The first-order valence-corrected chi connectivity index (χ1v) is 12.3. The number of nitrogens with zero attached hydrogens (tertiary/aromatic N) is 6. The van der Waals surface area contributed by atoms with Crippen molar-refractivity contribution < 1.29 is 61.9 Å². The number of aliphatic carboxylic acids is 2. The molecule has 0 N–H and O–H groups in total. The van der Waals surface area contributed by atoms with Crippen molar-refractivity contribution in [1.29, 1.82) is 10.5 Å². The molecular formula is C32H28Mo2N6O4+2. The van der Waals surface area contributed by atoms with Crippen molar-refractivity contribution in [1.82, 2.24) is 19.9 Å². The van der Waals surface area contributed by atoms with Crippen LogP contribution in [0.15, 0.2) is 97.6 Å². The summed E-state index contributed by atoms with van der Waals surface area (Å²) in [5.74, 6) is -2.17. The first kappa shape index (κ1) is 41.5. The number of carbonyl (C=O) groups excluding carboxylic acids is 2. The van der Waals surface area contributed by atoms with Crippen molar-refractivity contribution in [3.8, 4) is 12.1 Å². The third-order valence-electron chi connectivity index (χ3n) is 4.69. The maximum Gasteiger partial charge on any atom is 2.00 e. The third kappa shape index (κ3) is 15.0. The minimum absolute atomic E-state index is 0. The summed E-state index contributed by atoms with van der Waals surface area (Å²) in [6.07, 6.45) is 7.21. The van der Waals surface area contributed by atoms with E-state index in [1.165, 1.54) is 13.8 Å². The monoisotopic (exact) mass is 756 g/mol. The van der Waals surface area contributed by atoms with Gasteiger partial charge in [0, 0.05) is 72.1 Å². The molecule has 12 heteroatoms. The van der Waals surface area contributed by atoms with Gasteiger partial charge in [0.2, 0.25) is 0 Å². The number of hydrogen-bond donors (Lipinski definition) is 0. The summed E-state index contributed by atoms with van der Waals surface area (Å²) in [7, 11) is 0. The average Bonchev–Trinajstić information content (AvgIpc) is 2.98. The van der Waals surface area contributed by atoms with Crippen LogP contribution in [0.5, 0.6) is 0 Å². The second kappa shape index (κ2) is 23.9. The zero-order chi connectivity index (χ0) is 31.3. The van der Waals surface area contributed by atoms with E-state index in [9.17, 15) is 0 Å². The molecule has 0 unspecified atom stereocenters. The van der Waals surface area contributed by atoms with E-state index >= 15 is 0 Å². The predicted molar refractivity (Wildman–Crippen MR) is 158 cm³/mol. The SMILES string of the molecule is CC#N.CC#N.CC(=O)[O-].CC(=O)[O-].[Mo+2].[Mo+2].c1cnc2c(c1)ccc1cccnc12.c1cnc2c(c1)ccc1cccnc12. The molecule has 44 heavy (non-hydrogen) atoms. The van der Waals surface area contributed by atoms with E-state index in [2.05, 4.69) is 68.5 Å². The largest absolute Gasteiger partial charge is 2.00 e. The first-order chi connectivity index (χ1) is 20.2. The Morgan fingerprint density at radius 3 is 0.841 bits per heavy atom. The van der Waals surface area contributed by atoms with Crippen molar-refractivity contribution in [3.05, 3.63) is 97.6 Å². The van der Waals surface area contributed by atoms with Gasteiger partial charge < -0.3 is 19.8 Å². The van der Waals surface area contributed by atoms with Crippen LogP contribution in [0.3, 0.4) is 0 Å². The number of rotatable bonds is 0. The minimum atomic E-state index is -1.08. The van der Waals surface area contributed by atoms with Crippen LogP contribution < -0.4 is 10.2 Å². The molecule has 10 nitrogen and oxygen atoms in total. The summed E-state index contributed by atoms with van der Waals surface area (Å²) < 4.78 is 0. The van der Waals surface area contributed by atoms with Crippen molar-refractivity contribution in [2.24, 2.45) is 0 Å². The fourth-order valence-corrected chi connectivity index (χ4v) is 3.36. The molecule has 0 saturated heterocycles. The van der Waals surface area contributed by atoms with Crippen molar-refractivity contribution in [2.45, 2.75) is 27.7 Å². The average molecular weight is 752 g/mol. The number of fused-ring (bicyclic) bond motifs is 6. The molecule has 0 atom stereocenters. The molecule has 0 spiro atoms. The van der Waals surface area contributed by atoms with Crippen LogP contribution in [-0.2, 0) is 51.7 Å². The zero-order valence-electron chi connectivity index (χ0n) is 24.4. The van der Waals surface area contributed by atoms with Crippen LogP contribution >= 0.6 is 0 Å². The standard InChI is InChI=1S/2C12H8N2.2C2H3N.2C2H4O2.2Mo/c2*1-3-9-5-6-10-4-2-8-14-12(10)11(9)13-7-1;2*1-2-3;2*1-2(3)4;;/h2*1-8H;2*1H3;2*1H3,(H,3,4);;/q;;;;;;2*+2/p-2. The molecule has 0 aliphatic carbocycles. The fourth-order valence-electron chi connectivity index (χ4n) is 3.36. The van der Waals surface area contributed by atoms with Crippen LogP contribution in [-0.4, -0.2) is 31.9 Å². The smallest absolute Gasteiger partial charge is 0.550 e. The summed E-state index contributed by atoms with van der Waals surface area (Å²) in [5, 5.41) is 37.0. The molecule has 4 aromatic heterocycles. The van der Waals surface area contributed by atoms with E-state index in [-0.39, 0.29) is 42.1 Å². The van der Waals surface area contributed by atoms with Crippen LogP contribution in [0.25, 0.3) is 43.6 Å². The molecule has 0 radical (unpaired) electrons. The number of hydrogen-bond acceptors (Lipinski definition) is 10. The van der Waals surface area contributed by atoms with E-state index in [1.54, 1.807) is 36.9 Å². The van der Waals surface area contributed by atoms with Gasteiger partial charge in [-0.05, 0) is 38.1 Å². The van der Waals surface area contributed by atoms with E-state index < -0.39 is 11.9 Å². The molecule has 4 heterocycles. The van der Waals surface area contributed by atoms with Gasteiger partial charge >= 0.3 is 42.1 Å². The van der Waals surface area contributed by atoms with Gasteiger partial charge in [-0.3, -0.25) is 19.9 Å². The maximum absolute atomic E-state index is 8.89. The van der Waals surface area contributed by atoms with Gasteiger partial charge in [-0.15, -0.1) is 0 Å². The molecule has 6 aromatic rings. The predicted octanol–water partition coefficient (Wildman–Crippen LogP) is 4.13. The topological polar surface area (TPSA) is 179 Å². The van der Waals surface area contributed by atoms with Gasteiger partial charge in [0.15, 0.2) is 0 Å². The molecule has 220 valence electrons. The van der Waals surface area contributed by atoms with Gasteiger partial charge in [0.05, 0.1) is 34.2 Å². The summed E-state index contributed by atoms with van der Waals surface area (Å²) in [6, 6.07) is 27.8. The second-order valence-corrected chi connectivity index (χ2v) is 7.86. The van der Waals surface area contributed by atoms with Crippen molar-refractivity contribution in [2.75, 3.05) is 0 Å². The minimum Gasteiger partial charge on any atom is -0.550 e. The van der Waals surface area contributed by atoms with Gasteiger partial charge in [-0.25, -0.2) is 0 Å². The van der Waals surface area contributed by atoms with Crippen LogP contribution in [0.1, 0.15) is 27.7 Å². The molecule has 0 aliphatic heterocycles. The van der Waals surface area contributed by atoms with Gasteiger partial charge in [-0.2, -0.15) is 10.5 Å². The number of aromatic nitrogens is 4. The van der Waals surface area contributed by atoms with Gasteiger partial charge in [0.25, 0.3) is 0 Å². The van der Waals surface area contributed by atoms with E-state index in [0.29, 0.717) is 0 Å². The maximum atomic E-state index is 8.89. The first-order valence-electron chi connectivity index (χ1n) is 12.3. The number of carboxylic acid groups (broad SMARTS) is 2. The van der Waals surface area contributed by atoms with Crippen molar-refractivity contribution in [3.63, 3.8) is 0 Å². The Hall–Kier alpha value is -4.62. The molecule has 0 bridgehead atoms. The molecule has 0 aliphatic rings. The molecule has 0 amide bonds. The zero-order valence-corrected chi connectivity index (χ0v) is 28.4. The summed E-state index contributed by atoms with van der Waals surface area (Å²) in [4.78, 5) is 35.2. The van der Waals surface area contributed by atoms with Gasteiger partial charge in [0.1, 0.15) is 0 Å². The van der Waals surface area contributed by atoms with Crippen LogP contribution in [0.4, 0.5) is 0 Å². The Kier molecular flexibility index (Phi) is 22.5. The van der Waals surface area contributed by atoms with Crippen molar-refractivity contribution >= 4 is 55.6 Å². The molecule has 2 aromatic carbocycles. The number of benzene rings is 2. The second-order valence-electron chi connectivity index (χ2n) is 7.86. The van der Waals surface area contributed by atoms with Gasteiger partial charge in [-0.1, -0.05) is 48.5 Å². The Labute approximate surface area is 284 Å². The fraction of sp³-hybridized carbons (Fsp3) is 0.125. The summed E-state index contributed by atoms with van der Waals surface area (Å²) >= 11 is 0. The Morgan fingerprint density at radius 2 is 0.682 bits per heavy atom. The Bertz CT molecular complexity index is 1590. The quantitative estimate of drug-likeness (QED) is 0.162. The number of pyridine rings is 4. The third-order valence-corrected chi connectivity index (χ3v) is 4.69. The Morgan fingerprint density at radius 1 is 0.523 bits per heavy atom. The molecule has 0 saturated carbocycles. The number of carbonyl (C=O) groups is 2. The molecular weight excluding hydrogens is 724 g/mol.